The molecule has 6 N–H and O–H groups in total. The van der Waals surface area contributed by atoms with Crippen molar-refractivity contribution >= 4 is 28.8 Å². The van der Waals surface area contributed by atoms with Gasteiger partial charge in [-0.3, -0.25) is 9.59 Å². The highest BCUT2D eigenvalue weighted by molar-refractivity contribution is 5.92. The van der Waals surface area contributed by atoms with E-state index in [9.17, 15) is 14.4 Å². The minimum Gasteiger partial charge on any atom is -0.438 e. The molecule has 1 aliphatic heterocycles. The molecule has 0 spiro atoms. The Morgan fingerprint density at radius 3 is 2.44 bits per heavy atom. The number of aromatic amines is 1. The maximum Gasteiger partial charge on any atom is 0.408 e. The van der Waals surface area contributed by atoms with Gasteiger partial charge in [0.05, 0.1) is 5.54 Å². The molecular weight excluding hydrogens is 522 g/mol. The predicted octanol–water partition coefficient (Wildman–Crippen LogP) is 2.95. The number of nitrogens with two attached hydrogens (primary N) is 1. The summed E-state index contributed by atoms with van der Waals surface area (Å²) in [7, 11) is 0. The molecule has 1 saturated heterocycles. The lowest BCUT2D eigenvalue weighted by Gasteiger charge is -2.42. The highest BCUT2D eigenvalue weighted by Gasteiger charge is 2.42. The number of nitrogens with zero attached hydrogens (tertiary/aromatic N) is 1. The van der Waals surface area contributed by atoms with Crippen LogP contribution < -0.4 is 16.4 Å². The standard InChI is InChI=1S/C31H41N5O5/c1-30(2,32)28(39)35-26(20-22-21-34-25-13-7-6-12-24(22)25)27(38)36-17-14-31(15-18-36,23-10-4-3-5-11-23)41-29(40)33-16-8-9-19-37/h3-7,10-13,21,26,34,37H,8-9,14-20,32H2,1-2H3,(H,33,40)(H,35,39)/t26-/m1/s1. The normalized spacial score (nSPS) is 15.8. The fraction of sp³-hybridized carbons (Fsp3) is 0.452. The first-order valence-corrected chi connectivity index (χ1v) is 14.2. The molecule has 0 unspecified atom stereocenters. The molecule has 10 heteroatoms. The average molecular weight is 564 g/mol. The Morgan fingerprint density at radius 1 is 1.07 bits per heavy atom. The molecule has 0 radical (unpaired) electrons. The van der Waals surface area contributed by atoms with Gasteiger partial charge in [-0.2, -0.15) is 0 Å². The summed E-state index contributed by atoms with van der Waals surface area (Å²) in [4.78, 5) is 44.5. The molecule has 2 heterocycles. The summed E-state index contributed by atoms with van der Waals surface area (Å²) in [6.45, 7) is 4.38. The Labute approximate surface area is 240 Å². The second-order valence-corrected chi connectivity index (χ2v) is 11.2. The van der Waals surface area contributed by atoms with Crippen LogP contribution in [0.3, 0.4) is 0 Å². The van der Waals surface area contributed by atoms with Crippen LogP contribution >= 0.6 is 0 Å². The first-order valence-electron chi connectivity index (χ1n) is 14.2. The Balaban J connectivity index is 1.51. The lowest BCUT2D eigenvalue weighted by Crippen LogP contribution is -2.58. The number of rotatable bonds is 11. The maximum absolute atomic E-state index is 13.9. The molecule has 0 saturated carbocycles. The third kappa shape index (κ3) is 7.45. The second kappa shape index (κ2) is 13.2. The van der Waals surface area contributed by atoms with E-state index in [-0.39, 0.29) is 12.5 Å². The number of hydrogen-bond acceptors (Lipinski definition) is 6. The number of benzene rings is 2. The average Bonchev–Trinajstić information content (AvgIpc) is 3.37. The highest BCUT2D eigenvalue weighted by atomic mass is 16.6. The number of fused-ring (bicyclic) bond motifs is 1. The van der Waals surface area contributed by atoms with Crippen LogP contribution in [0.2, 0.25) is 0 Å². The van der Waals surface area contributed by atoms with Crippen LogP contribution in [0.15, 0.2) is 60.8 Å². The number of carbonyl (C=O) groups excluding carboxylic acids is 3. The number of aliphatic hydroxyl groups excluding tert-OH is 1. The van der Waals surface area contributed by atoms with Gasteiger partial charge in [0, 0.05) is 62.6 Å². The molecule has 0 bridgehead atoms. The van der Waals surface area contributed by atoms with Gasteiger partial charge in [0.2, 0.25) is 11.8 Å². The number of H-pyrrole nitrogens is 1. The minimum absolute atomic E-state index is 0.0685. The first-order chi connectivity index (χ1) is 19.6. The number of piperidine rings is 1. The van der Waals surface area contributed by atoms with Crippen LogP contribution in [0.4, 0.5) is 4.79 Å². The Bertz CT molecular complexity index is 1330. The zero-order valence-corrected chi connectivity index (χ0v) is 23.8. The zero-order chi connectivity index (χ0) is 29.5. The molecule has 1 aliphatic rings. The van der Waals surface area contributed by atoms with Gasteiger partial charge in [-0.1, -0.05) is 48.5 Å². The van der Waals surface area contributed by atoms with Crippen LogP contribution in [0, 0.1) is 0 Å². The van der Waals surface area contributed by atoms with E-state index in [1.165, 1.54) is 0 Å². The summed E-state index contributed by atoms with van der Waals surface area (Å²) < 4.78 is 6.04. The molecule has 2 aromatic carbocycles. The van der Waals surface area contributed by atoms with E-state index in [4.69, 9.17) is 15.6 Å². The van der Waals surface area contributed by atoms with Gasteiger partial charge in [-0.05, 0) is 43.9 Å². The van der Waals surface area contributed by atoms with Crippen molar-refractivity contribution in [2.24, 2.45) is 5.73 Å². The van der Waals surface area contributed by atoms with E-state index in [1.54, 1.807) is 18.7 Å². The fourth-order valence-electron chi connectivity index (χ4n) is 5.21. The van der Waals surface area contributed by atoms with E-state index < -0.39 is 29.2 Å². The SMILES string of the molecule is CC(C)(N)C(=O)N[C@H](Cc1c[nH]c2ccccc12)C(=O)N1CCC(OC(=O)NCCCCO)(c2ccccc2)CC1. The Kier molecular flexibility index (Phi) is 9.67. The van der Waals surface area contributed by atoms with Gasteiger partial charge >= 0.3 is 6.09 Å². The number of amides is 3. The quantitative estimate of drug-likeness (QED) is 0.227. The number of para-hydroxylation sites is 1. The van der Waals surface area contributed by atoms with E-state index in [0.717, 1.165) is 22.0 Å². The van der Waals surface area contributed by atoms with Crippen molar-refractivity contribution in [3.8, 4) is 0 Å². The van der Waals surface area contributed by atoms with Crippen molar-refractivity contribution < 1.29 is 24.2 Å². The predicted molar refractivity (Wildman–Crippen MR) is 157 cm³/mol. The van der Waals surface area contributed by atoms with E-state index in [0.29, 0.717) is 51.7 Å². The maximum atomic E-state index is 13.9. The minimum atomic E-state index is -1.15. The number of unbranched alkanes of at least 4 members (excludes halogenated alkanes) is 1. The number of likely N-dealkylation sites (tertiary alicyclic amines) is 1. The van der Waals surface area contributed by atoms with Gasteiger partial charge in [0.15, 0.2) is 0 Å². The van der Waals surface area contributed by atoms with Gasteiger partial charge in [-0.15, -0.1) is 0 Å². The lowest BCUT2D eigenvalue weighted by atomic mass is 9.83. The molecule has 3 aromatic rings. The number of hydrogen-bond donors (Lipinski definition) is 5. The number of nitrogens with one attached hydrogen (secondary N) is 3. The van der Waals surface area contributed by atoms with Crippen LogP contribution in [0.5, 0.6) is 0 Å². The van der Waals surface area contributed by atoms with Crippen molar-refractivity contribution in [3.05, 3.63) is 71.9 Å². The monoisotopic (exact) mass is 563 g/mol. The van der Waals surface area contributed by atoms with Gasteiger partial charge in [0.1, 0.15) is 11.6 Å². The first kappa shape index (κ1) is 30.1. The van der Waals surface area contributed by atoms with Crippen molar-refractivity contribution in [1.29, 1.82) is 0 Å². The van der Waals surface area contributed by atoms with Gasteiger partial charge < -0.3 is 36.1 Å². The molecule has 1 aromatic heterocycles. The third-order valence-corrected chi connectivity index (χ3v) is 7.61. The molecule has 4 rings (SSSR count). The van der Waals surface area contributed by atoms with Crippen LogP contribution in [0.25, 0.3) is 10.9 Å². The number of aliphatic hydroxyl groups is 1. The molecule has 1 atom stereocenters. The molecule has 220 valence electrons. The molecule has 10 nitrogen and oxygen atoms in total. The smallest absolute Gasteiger partial charge is 0.408 e. The number of carbonyl (C=O) groups is 3. The zero-order valence-electron chi connectivity index (χ0n) is 23.8. The highest BCUT2D eigenvalue weighted by Crippen LogP contribution is 2.37. The molecule has 1 fully saturated rings. The summed E-state index contributed by atoms with van der Waals surface area (Å²) in [6.07, 6.45) is 3.70. The number of alkyl carbamates (subject to hydrolysis) is 1. The topological polar surface area (TPSA) is 150 Å². The fourth-order valence-corrected chi connectivity index (χ4v) is 5.21. The Hall–Kier alpha value is -3.89. The van der Waals surface area contributed by atoms with Gasteiger partial charge in [-0.25, -0.2) is 4.79 Å². The van der Waals surface area contributed by atoms with Crippen molar-refractivity contribution in [1.82, 2.24) is 20.5 Å². The summed E-state index contributed by atoms with van der Waals surface area (Å²) in [6, 6.07) is 16.6. The van der Waals surface area contributed by atoms with Crippen LogP contribution in [-0.4, -0.2) is 70.7 Å². The van der Waals surface area contributed by atoms with Gasteiger partial charge in [0.25, 0.3) is 0 Å². The van der Waals surface area contributed by atoms with Crippen LogP contribution in [-0.2, 0) is 26.3 Å². The van der Waals surface area contributed by atoms with E-state index in [1.807, 2.05) is 60.8 Å². The van der Waals surface area contributed by atoms with Crippen molar-refractivity contribution in [2.45, 2.75) is 63.1 Å². The Morgan fingerprint density at radius 2 is 1.76 bits per heavy atom. The summed E-state index contributed by atoms with van der Waals surface area (Å²) >= 11 is 0. The van der Waals surface area contributed by atoms with Crippen molar-refractivity contribution in [3.63, 3.8) is 0 Å². The molecule has 0 aliphatic carbocycles. The summed E-state index contributed by atoms with van der Waals surface area (Å²) in [5, 5.41) is 15.6. The molecular formula is C31H41N5O5. The second-order valence-electron chi connectivity index (χ2n) is 11.2. The number of aromatic nitrogens is 1. The summed E-state index contributed by atoms with van der Waals surface area (Å²) in [5.41, 5.74) is 6.76. The lowest BCUT2D eigenvalue weighted by molar-refractivity contribution is -0.141. The van der Waals surface area contributed by atoms with E-state index in [2.05, 4.69) is 15.6 Å². The summed E-state index contributed by atoms with van der Waals surface area (Å²) in [5.74, 6) is -0.615. The number of ether oxygens (including phenoxy) is 1. The molecule has 3 amide bonds. The van der Waals surface area contributed by atoms with E-state index >= 15 is 0 Å². The van der Waals surface area contributed by atoms with Crippen molar-refractivity contribution in [2.75, 3.05) is 26.2 Å². The van der Waals surface area contributed by atoms with Crippen LogP contribution in [0.1, 0.15) is 50.7 Å². The third-order valence-electron chi connectivity index (χ3n) is 7.61. The largest absolute Gasteiger partial charge is 0.438 e. The molecule has 41 heavy (non-hydrogen) atoms.